The van der Waals surface area contributed by atoms with E-state index in [4.69, 9.17) is 0 Å². The van der Waals surface area contributed by atoms with Gasteiger partial charge in [0, 0.05) is 5.69 Å². The number of amides is 1. The molecule has 1 fully saturated rings. The van der Waals surface area contributed by atoms with E-state index in [1.165, 1.54) is 5.56 Å². The summed E-state index contributed by atoms with van der Waals surface area (Å²) in [7, 11) is 0. The van der Waals surface area contributed by atoms with Gasteiger partial charge in [0.1, 0.15) is 6.04 Å². The molecule has 1 saturated heterocycles. The number of allylic oxidation sites excluding steroid dienone is 1. The van der Waals surface area contributed by atoms with Crippen molar-refractivity contribution < 1.29 is 4.79 Å². The van der Waals surface area contributed by atoms with E-state index in [9.17, 15) is 4.79 Å². The average Bonchev–Trinajstić information content (AvgIpc) is 3.06. The number of carbonyl (C=O) groups excluding carboxylic acids is 1. The van der Waals surface area contributed by atoms with Crippen LogP contribution < -0.4 is 10.3 Å². The van der Waals surface area contributed by atoms with E-state index in [0.29, 0.717) is 0 Å². The second kappa shape index (κ2) is 7.38. The average molecular weight is 396 g/mol. The molecular weight excluding hydrogens is 370 g/mol. The van der Waals surface area contributed by atoms with Crippen LogP contribution in [0.15, 0.2) is 85.4 Å². The molecule has 0 aliphatic carbocycles. The highest BCUT2D eigenvalue weighted by molar-refractivity contribution is 5.92. The van der Waals surface area contributed by atoms with Gasteiger partial charge in [-0.3, -0.25) is 10.2 Å². The second-order valence-electron chi connectivity index (χ2n) is 8.05. The van der Waals surface area contributed by atoms with Gasteiger partial charge in [-0.2, -0.15) is 0 Å². The number of nitrogens with one attached hydrogen (secondary N) is 1. The molecule has 150 valence electrons. The summed E-state index contributed by atoms with van der Waals surface area (Å²) >= 11 is 0. The third-order valence-corrected chi connectivity index (χ3v) is 6.05. The van der Waals surface area contributed by atoms with Crippen molar-refractivity contribution in [2.45, 2.75) is 32.0 Å². The van der Waals surface area contributed by atoms with Gasteiger partial charge in [0.15, 0.2) is 6.17 Å². The van der Waals surface area contributed by atoms with Crippen LogP contribution in [0.25, 0.3) is 5.57 Å². The Kier molecular flexibility index (Phi) is 4.55. The topological polar surface area (TPSA) is 35.6 Å². The summed E-state index contributed by atoms with van der Waals surface area (Å²) < 4.78 is 0. The minimum atomic E-state index is -0.219. The molecule has 0 bridgehead atoms. The molecule has 0 aromatic heterocycles. The molecule has 2 aliphatic rings. The molecule has 0 radical (unpaired) electrons. The van der Waals surface area contributed by atoms with Crippen molar-refractivity contribution in [1.29, 1.82) is 0 Å². The van der Waals surface area contributed by atoms with Gasteiger partial charge in [0.05, 0.1) is 5.69 Å². The molecule has 30 heavy (non-hydrogen) atoms. The number of hydrogen-bond acceptors (Lipinski definition) is 3. The summed E-state index contributed by atoms with van der Waals surface area (Å²) in [6.45, 7) is 6.05. The Labute approximate surface area is 177 Å². The molecule has 4 heteroatoms. The first-order chi connectivity index (χ1) is 14.6. The van der Waals surface area contributed by atoms with Crippen LogP contribution in [-0.2, 0) is 11.2 Å². The molecule has 0 spiro atoms. The summed E-state index contributed by atoms with van der Waals surface area (Å²) in [5, 5.41) is 1.80. The smallest absolute Gasteiger partial charge is 0.265 e. The molecule has 4 nitrogen and oxygen atoms in total. The molecule has 2 heterocycles. The monoisotopic (exact) mass is 395 g/mol. The minimum absolute atomic E-state index is 0.113. The Morgan fingerprint density at radius 2 is 1.67 bits per heavy atom. The fraction of sp³-hybridized carbons (Fsp3) is 0.192. The fourth-order valence-corrected chi connectivity index (χ4v) is 4.54. The highest BCUT2D eigenvalue weighted by atomic mass is 16.2. The molecule has 3 aromatic carbocycles. The number of rotatable bonds is 4. The van der Waals surface area contributed by atoms with Gasteiger partial charge < -0.3 is 4.90 Å². The van der Waals surface area contributed by atoms with Crippen LogP contribution >= 0.6 is 0 Å². The lowest BCUT2D eigenvalue weighted by Crippen LogP contribution is -2.38. The van der Waals surface area contributed by atoms with E-state index in [1.54, 1.807) is 5.01 Å². The minimum Gasteiger partial charge on any atom is -0.333 e. The Morgan fingerprint density at radius 3 is 2.40 bits per heavy atom. The normalized spacial score (nSPS) is 20.0. The van der Waals surface area contributed by atoms with Gasteiger partial charge >= 0.3 is 0 Å². The first-order valence-electron chi connectivity index (χ1n) is 10.4. The van der Waals surface area contributed by atoms with Crippen molar-refractivity contribution in [1.82, 2.24) is 5.01 Å². The summed E-state index contributed by atoms with van der Waals surface area (Å²) in [5.74, 6) is 0.113. The highest BCUT2D eigenvalue weighted by Gasteiger charge is 2.49. The number of hydrazine groups is 1. The maximum Gasteiger partial charge on any atom is 0.265 e. The molecular formula is C26H25N3O. The van der Waals surface area contributed by atoms with E-state index in [1.807, 2.05) is 37.3 Å². The predicted octanol–water partition coefficient (Wildman–Crippen LogP) is 5.41. The number of para-hydroxylation sites is 2. The van der Waals surface area contributed by atoms with Crippen LogP contribution in [0.3, 0.4) is 0 Å². The van der Waals surface area contributed by atoms with E-state index in [-0.39, 0.29) is 18.1 Å². The predicted molar refractivity (Wildman–Crippen MR) is 122 cm³/mol. The van der Waals surface area contributed by atoms with Crippen molar-refractivity contribution in [3.63, 3.8) is 0 Å². The van der Waals surface area contributed by atoms with Crippen molar-refractivity contribution in [3.8, 4) is 0 Å². The van der Waals surface area contributed by atoms with Gasteiger partial charge in [-0.25, -0.2) is 5.01 Å². The van der Waals surface area contributed by atoms with Crippen molar-refractivity contribution in [2.24, 2.45) is 0 Å². The number of nitrogens with zero attached hydrogens (tertiary/aromatic N) is 2. The fourth-order valence-electron chi connectivity index (χ4n) is 4.54. The zero-order valence-electron chi connectivity index (χ0n) is 17.1. The molecule has 3 aromatic rings. The lowest BCUT2D eigenvalue weighted by molar-refractivity contribution is -0.128. The third-order valence-electron chi connectivity index (χ3n) is 6.05. The van der Waals surface area contributed by atoms with Crippen molar-refractivity contribution >= 4 is 22.9 Å². The van der Waals surface area contributed by atoms with Crippen molar-refractivity contribution in [2.75, 3.05) is 10.3 Å². The van der Waals surface area contributed by atoms with Gasteiger partial charge in [0.25, 0.3) is 5.91 Å². The Hall–Kier alpha value is -3.53. The second-order valence-corrected chi connectivity index (χ2v) is 8.05. The van der Waals surface area contributed by atoms with Crippen LogP contribution in [-0.4, -0.2) is 17.0 Å². The summed E-state index contributed by atoms with van der Waals surface area (Å²) in [6, 6.07) is 26.6. The van der Waals surface area contributed by atoms with Crippen LogP contribution in [0.2, 0.25) is 0 Å². The number of hydrogen-bond donors (Lipinski definition) is 1. The van der Waals surface area contributed by atoms with E-state index in [0.717, 1.165) is 40.9 Å². The largest absolute Gasteiger partial charge is 0.333 e. The SMILES string of the molecule is C=C(C)c1ccc(C2N(Nc3ccccc3)C(=O)C3CCc4ccccc4N32)cc1. The van der Waals surface area contributed by atoms with Crippen LogP contribution in [0.5, 0.6) is 0 Å². The number of fused-ring (bicyclic) bond motifs is 3. The van der Waals surface area contributed by atoms with Crippen LogP contribution in [0, 0.1) is 0 Å². The van der Waals surface area contributed by atoms with E-state index < -0.39 is 0 Å². The van der Waals surface area contributed by atoms with E-state index >= 15 is 0 Å². The standard InChI is InChI=1S/C26H25N3O/c1-18(2)19-12-14-21(15-13-19)25-28-23-11-7-6-8-20(23)16-17-24(28)26(30)29(25)27-22-9-4-3-5-10-22/h3-15,24-25,27H,1,16-17H2,2H3. The molecule has 2 atom stereocenters. The first-order valence-corrected chi connectivity index (χ1v) is 10.4. The maximum absolute atomic E-state index is 13.5. The molecule has 1 N–H and O–H groups in total. The molecule has 0 saturated carbocycles. The molecule has 1 amide bonds. The number of anilines is 2. The third kappa shape index (κ3) is 3.05. The van der Waals surface area contributed by atoms with Crippen molar-refractivity contribution in [3.05, 3.63) is 102 Å². The molecule has 2 aliphatic heterocycles. The lowest BCUT2D eigenvalue weighted by Gasteiger charge is -2.37. The van der Waals surface area contributed by atoms with Gasteiger partial charge in [-0.05, 0) is 54.7 Å². The highest BCUT2D eigenvalue weighted by Crippen LogP contribution is 2.44. The number of carbonyl (C=O) groups is 1. The quantitative estimate of drug-likeness (QED) is 0.642. The van der Waals surface area contributed by atoms with E-state index in [2.05, 4.69) is 65.4 Å². The van der Waals surface area contributed by atoms with Crippen LogP contribution in [0.1, 0.15) is 36.2 Å². The Morgan fingerprint density at radius 1 is 0.967 bits per heavy atom. The summed E-state index contributed by atoms with van der Waals surface area (Å²) in [4.78, 5) is 15.8. The lowest BCUT2D eigenvalue weighted by atomic mass is 9.95. The number of aryl methyl sites for hydroxylation is 1. The number of benzene rings is 3. The summed E-state index contributed by atoms with van der Waals surface area (Å²) in [6.07, 6.45) is 1.52. The van der Waals surface area contributed by atoms with Gasteiger partial charge in [0.2, 0.25) is 0 Å². The van der Waals surface area contributed by atoms with Crippen LogP contribution in [0.4, 0.5) is 11.4 Å². The maximum atomic E-state index is 13.5. The molecule has 5 rings (SSSR count). The summed E-state index contributed by atoms with van der Waals surface area (Å²) in [5.41, 5.74) is 9.96. The first kappa shape index (κ1) is 18.5. The Balaban J connectivity index is 1.61. The Bertz CT molecular complexity index is 1090. The zero-order valence-corrected chi connectivity index (χ0v) is 17.1. The zero-order chi connectivity index (χ0) is 20.7. The molecule has 2 unspecified atom stereocenters. The van der Waals surface area contributed by atoms with Gasteiger partial charge in [-0.15, -0.1) is 0 Å². The van der Waals surface area contributed by atoms with Gasteiger partial charge in [-0.1, -0.05) is 72.8 Å².